The summed E-state index contributed by atoms with van der Waals surface area (Å²) in [5.74, 6) is 5.47. The molecule has 110 valence electrons. The number of amides is 1. The van der Waals surface area contributed by atoms with E-state index in [0.29, 0.717) is 11.5 Å². The topological polar surface area (TPSA) is 80.5 Å². The SMILES string of the molecule is CN(Cc1ccc(C(=O)NN)cn1)CC1CCOCC1. The smallest absolute Gasteiger partial charge is 0.266 e. The Morgan fingerprint density at radius 2 is 2.25 bits per heavy atom. The van der Waals surface area contributed by atoms with Gasteiger partial charge in [0.2, 0.25) is 0 Å². The van der Waals surface area contributed by atoms with Crippen LogP contribution in [0.25, 0.3) is 0 Å². The maximum absolute atomic E-state index is 11.3. The van der Waals surface area contributed by atoms with Crippen molar-refractivity contribution in [3.05, 3.63) is 29.6 Å². The second kappa shape index (κ2) is 7.33. The van der Waals surface area contributed by atoms with E-state index in [-0.39, 0.29) is 5.91 Å². The molecule has 2 rings (SSSR count). The van der Waals surface area contributed by atoms with E-state index in [1.54, 1.807) is 12.3 Å². The van der Waals surface area contributed by atoms with Crippen molar-refractivity contribution in [2.45, 2.75) is 19.4 Å². The van der Waals surface area contributed by atoms with Crippen LogP contribution < -0.4 is 11.3 Å². The van der Waals surface area contributed by atoms with Crippen LogP contribution in [0.1, 0.15) is 28.9 Å². The van der Waals surface area contributed by atoms with Crippen molar-refractivity contribution < 1.29 is 9.53 Å². The van der Waals surface area contributed by atoms with Gasteiger partial charge in [-0.3, -0.25) is 15.2 Å². The normalized spacial score (nSPS) is 16.4. The number of pyridine rings is 1. The molecule has 2 heterocycles. The number of rotatable bonds is 5. The molecule has 0 aromatic carbocycles. The summed E-state index contributed by atoms with van der Waals surface area (Å²) in [4.78, 5) is 17.9. The molecule has 0 aliphatic carbocycles. The van der Waals surface area contributed by atoms with Gasteiger partial charge in [0.15, 0.2) is 0 Å². The van der Waals surface area contributed by atoms with Crippen LogP contribution in [0.15, 0.2) is 18.3 Å². The standard InChI is InChI=1S/C14H22N4O2/c1-18(9-11-4-6-20-7-5-11)10-13-3-2-12(8-16-13)14(19)17-15/h2-3,8,11H,4-7,9-10,15H2,1H3,(H,17,19). The van der Waals surface area contributed by atoms with Crippen LogP contribution in [0.3, 0.4) is 0 Å². The zero-order valence-electron chi connectivity index (χ0n) is 11.8. The third kappa shape index (κ3) is 4.26. The summed E-state index contributed by atoms with van der Waals surface area (Å²) < 4.78 is 5.37. The van der Waals surface area contributed by atoms with Crippen LogP contribution in [-0.2, 0) is 11.3 Å². The van der Waals surface area contributed by atoms with E-state index in [0.717, 1.165) is 44.8 Å². The van der Waals surface area contributed by atoms with Gasteiger partial charge in [0, 0.05) is 32.5 Å². The average Bonchev–Trinajstić information content (AvgIpc) is 2.48. The highest BCUT2D eigenvalue weighted by Gasteiger charge is 2.16. The molecule has 0 bridgehead atoms. The van der Waals surface area contributed by atoms with E-state index >= 15 is 0 Å². The molecule has 0 radical (unpaired) electrons. The molecule has 1 aromatic heterocycles. The second-order valence-electron chi connectivity index (χ2n) is 5.26. The summed E-state index contributed by atoms with van der Waals surface area (Å²) in [7, 11) is 2.09. The van der Waals surface area contributed by atoms with Crippen molar-refractivity contribution in [3.63, 3.8) is 0 Å². The molecule has 20 heavy (non-hydrogen) atoms. The van der Waals surface area contributed by atoms with E-state index in [2.05, 4.69) is 22.4 Å². The van der Waals surface area contributed by atoms with Crippen LogP contribution in [0.2, 0.25) is 0 Å². The van der Waals surface area contributed by atoms with Crippen molar-refractivity contribution in [2.24, 2.45) is 11.8 Å². The fraction of sp³-hybridized carbons (Fsp3) is 0.571. The molecular weight excluding hydrogens is 256 g/mol. The average molecular weight is 278 g/mol. The lowest BCUT2D eigenvalue weighted by atomic mass is 10.00. The van der Waals surface area contributed by atoms with Gasteiger partial charge in [-0.25, -0.2) is 5.84 Å². The van der Waals surface area contributed by atoms with Gasteiger partial charge in [-0.2, -0.15) is 0 Å². The summed E-state index contributed by atoms with van der Waals surface area (Å²) in [6.45, 7) is 3.58. The number of nitrogens with zero attached hydrogens (tertiary/aromatic N) is 2. The molecule has 6 nitrogen and oxygen atoms in total. The number of hydrogen-bond acceptors (Lipinski definition) is 5. The molecule has 1 aromatic rings. The molecule has 1 aliphatic rings. The van der Waals surface area contributed by atoms with E-state index in [1.807, 2.05) is 6.07 Å². The summed E-state index contributed by atoms with van der Waals surface area (Å²) in [5, 5.41) is 0. The Morgan fingerprint density at radius 1 is 1.50 bits per heavy atom. The quantitative estimate of drug-likeness (QED) is 0.467. The number of aromatic nitrogens is 1. The lowest BCUT2D eigenvalue weighted by molar-refractivity contribution is 0.0548. The highest BCUT2D eigenvalue weighted by Crippen LogP contribution is 2.16. The fourth-order valence-electron chi connectivity index (χ4n) is 2.45. The number of carbonyl (C=O) groups is 1. The van der Waals surface area contributed by atoms with Gasteiger partial charge >= 0.3 is 0 Å². The first-order chi connectivity index (χ1) is 9.69. The van der Waals surface area contributed by atoms with Gasteiger partial charge in [0.05, 0.1) is 11.3 Å². The first kappa shape index (κ1) is 14.9. The Kier molecular flexibility index (Phi) is 5.46. The van der Waals surface area contributed by atoms with E-state index in [4.69, 9.17) is 10.6 Å². The largest absolute Gasteiger partial charge is 0.381 e. The Bertz CT molecular complexity index is 429. The summed E-state index contributed by atoms with van der Waals surface area (Å²) in [6.07, 6.45) is 3.82. The monoisotopic (exact) mass is 278 g/mol. The zero-order valence-corrected chi connectivity index (χ0v) is 11.8. The fourth-order valence-corrected chi connectivity index (χ4v) is 2.45. The maximum atomic E-state index is 11.3. The first-order valence-electron chi connectivity index (χ1n) is 6.91. The van der Waals surface area contributed by atoms with Crippen LogP contribution in [0.5, 0.6) is 0 Å². The van der Waals surface area contributed by atoms with Gasteiger partial charge in [-0.05, 0) is 37.9 Å². The van der Waals surface area contributed by atoms with E-state index in [9.17, 15) is 4.79 Å². The highest BCUT2D eigenvalue weighted by molar-refractivity contribution is 5.93. The van der Waals surface area contributed by atoms with Crippen LogP contribution in [0.4, 0.5) is 0 Å². The van der Waals surface area contributed by atoms with Crippen LogP contribution in [0, 0.1) is 5.92 Å². The molecule has 3 N–H and O–H groups in total. The Morgan fingerprint density at radius 3 is 2.85 bits per heavy atom. The number of hydrazine groups is 1. The minimum Gasteiger partial charge on any atom is -0.381 e. The number of nitrogens with two attached hydrogens (primary N) is 1. The molecule has 0 saturated carbocycles. The Balaban J connectivity index is 1.84. The third-order valence-electron chi connectivity index (χ3n) is 3.56. The van der Waals surface area contributed by atoms with Crippen LogP contribution in [-0.4, -0.2) is 42.6 Å². The van der Waals surface area contributed by atoms with Crippen molar-refractivity contribution in [3.8, 4) is 0 Å². The molecule has 6 heteroatoms. The zero-order chi connectivity index (χ0) is 14.4. The van der Waals surface area contributed by atoms with Gasteiger partial charge in [0.25, 0.3) is 5.91 Å². The van der Waals surface area contributed by atoms with Gasteiger partial charge in [0.1, 0.15) is 0 Å². The van der Waals surface area contributed by atoms with Gasteiger partial charge < -0.3 is 9.64 Å². The molecular formula is C14H22N4O2. The van der Waals surface area contributed by atoms with Gasteiger partial charge in [-0.15, -0.1) is 0 Å². The highest BCUT2D eigenvalue weighted by atomic mass is 16.5. The molecule has 1 aliphatic heterocycles. The van der Waals surface area contributed by atoms with Crippen molar-refractivity contribution in [2.75, 3.05) is 26.8 Å². The summed E-state index contributed by atoms with van der Waals surface area (Å²) in [5.41, 5.74) is 3.52. The predicted octanol–water partition coefficient (Wildman–Crippen LogP) is 0.543. The number of nitrogen functional groups attached to an aromatic ring is 1. The molecule has 0 spiro atoms. The number of nitrogens with one attached hydrogen (secondary N) is 1. The maximum Gasteiger partial charge on any atom is 0.266 e. The molecule has 1 amide bonds. The van der Waals surface area contributed by atoms with Gasteiger partial charge in [-0.1, -0.05) is 0 Å². The first-order valence-corrected chi connectivity index (χ1v) is 6.91. The third-order valence-corrected chi connectivity index (χ3v) is 3.56. The van der Waals surface area contributed by atoms with Crippen molar-refractivity contribution in [1.82, 2.24) is 15.3 Å². The number of carbonyl (C=O) groups excluding carboxylic acids is 1. The van der Waals surface area contributed by atoms with Crippen molar-refractivity contribution in [1.29, 1.82) is 0 Å². The van der Waals surface area contributed by atoms with E-state index < -0.39 is 0 Å². The molecule has 1 fully saturated rings. The number of ether oxygens (including phenoxy) is 1. The predicted molar refractivity (Wildman–Crippen MR) is 75.8 cm³/mol. The summed E-state index contributed by atoms with van der Waals surface area (Å²) in [6, 6.07) is 3.61. The Hall–Kier alpha value is -1.50. The lowest BCUT2D eigenvalue weighted by Crippen LogP contribution is -2.30. The van der Waals surface area contributed by atoms with E-state index in [1.165, 1.54) is 0 Å². The second-order valence-corrected chi connectivity index (χ2v) is 5.26. The van der Waals surface area contributed by atoms with Crippen LogP contribution >= 0.6 is 0 Å². The summed E-state index contributed by atoms with van der Waals surface area (Å²) >= 11 is 0. The molecule has 0 unspecified atom stereocenters. The lowest BCUT2D eigenvalue weighted by Gasteiger charge is -2.26. The Labute approximate surface area is 119 Å². The number of hydrogen-bond donors (Lipinski definition) is 2. The molecule has 1 saturated heterocycles. The minimum atomic E-state index is -0.320. The minimum absolute atomic E-state index is 0.320. The molecule has 0 atom stereocenters. The van der Waals surface area contributed by atoms with Crippen molar-refractivity contribution >= 4 is 5.91 Å².